The van der Waals surface area contributed by atoms with Gasteiger partial charge >= 0.3 is 6.09 Å². The number of benzene rings is 2. The second-order valence-electron chi connectivity index (χ2n) is 7.69. The van der Waals surface area contributed by atoms with Gasteiger partial charge in [-0.25, -0.2) is 9.18 Å². The van der Waals surface area contributed by atoms with Crippen molar-refractivity contribution in [3.8, 4) is 5.75 Å². The molecular weight excluding hydrogens is 465 g/mol. The molecule has 1 aromatic heterocycles. The minimum atomic E-state index is -0.956. The van der Waals surface area contributed by atoms with Crippen LogP contribution in [0.2, 0.25) is 5.02 Å². The SMILES string of the molecule is CCOc1cc2ncc(C(N)=O)c(Nc3ccc(F)c(Cl)c3)c2cc1N1CCN(C(=O)O)CC1. The molecule has 3 aromatic rings. The molecule has 2 aromatic carbocycles. The highest BCUT2D eigenvalue weighted by Crippen LogP contribution is 2.38. The molecule has 1 saturated heterocycles. The van der Waals surface area contributed by atoms with Gasteiger partial charge in [-0.2, -0.15) is 0 Å². The number of primary amides is 1. The van der Waals surface area contributed by atoms with Gasteiger partial charge in [0.1, 0.15) is 11.6 Å². The summed E-state index contributed by atoms with van der Waals surface area (Å²) in [5, 5.41) is 12.9. The Morgan fingerprint density at radius 2 is 1.97 bits per heavy atom. The Hall–Kier alpha value is -3.79. The highest BCUT2D eigenvalue weighted by Gasteiger charge is 2.24. The van der Waals surface area contributed by atoms with Crippen molar-refractivity contribution in [2.24, 2.45) is 5.73 Å². The van der Waals surface area contributed by atoms with Crippen molar-refractivity contribution >= 4 is 51.6 Å². The number of anilines is 3. The molecule has 1 fully saturated rings. The number of carbonyl (C=O) groups is 2. The Morgan fingerprint density at radius 1 is 1.24 bits per heavy atom. The fourth-order valence-electron chi connectivity index (χ4n) is 3.91. The summed E-state index contributed by atoms with van der Waals surface area (Å²) in [5.74, 6) is -0.657. The predicted octanol–water partition coefficient (Wildman–Crippen LogP) is 4.07. The number of carbonyl (C=O) groups excluding carboxylic acids is 1. The van der Waals surface area contributed by atoms with Gasteiger partial charge in [0.25, 0.3) is 5.91 Å². The molecular formula is C23H23ClFN5O4. The van der Waals surface area contributed by atoms with E-state index in [-0.39, 0.29) is 10.6 Å². The standard InChI is InChI=1S/C23H23ClFN5O4/c1-2-34-20-11-18-14(10-19(20)29-5-7-30(8-6-29)23(32)33)21(15(12-27-18)22(26)31)28-13-3-4-17(25)16(24)9-13/h3-4,9-12H,2,5-8H2,1H3,(H2,26,31)(H,27,28)(H,32,33). The molecule has 2 heterocycles. The van der Waals surface area contributed by atoms with Crippen LogP contribution in [0.1, 0.15) is 17.3 Å². The maximum absolute atomic E-state index is 13.6. The number of hydrogen-bond donors (Lipinski definition) is 3. The molecule has 0 unspecified atom stereocenters. The number of ether oxygens (including phenoxy) is 1. The minimum absolute atomic E-state index is 0.0698. The smallest absolute Gasteiger partial charge is 0.407 e. The third kappa shape index (κ3) is 4.62. The van der Waals surface area contributed by atoms with Crippen molar-refractivity contribution in [1.82, 2.24) is 9.88 Å². The summed E-state index contributed by atoms with van der Waals surface area (Å²) in [6.07, 6.45) is 0.419. The average molecular weight is 488 g/mol. The molecule has 0 aliphatic carbocycles. The van der Waals surface area contributed by atoms with Gasteiger partial charge in [0.05, 0.1) is 34.1 Å². The van der Waals surface area contributed by atoms with Crippen molar-refractivity contribution < 1.29 is 23.8 Å². The zero-order valence-electron chi connectivity index (χ0n) is 18.3. The summed E-state index contributed by atoms with van der Waals surface area (Å²) in [4.78, 5) is 31.3. The summed E-state index contributed by atoms with van der Waals surface area (Å²) in [6, 6.07) is 7.74. The lowest BCUT2D eigenvalue weighted by Crippen LogP contribution is -2.48. The zero-order valence-corrected chi connectivity index (χ0v) is 19.1. The number of carboxylic acid groups (broad SMARTS) is 1. The first kappa shape index (κ1) is 23.4. The number of amides is 2. The van der Waals surface area contributed by atoms with E-state index in [4.69, 9.17) is 22.1 Å². The lowest BCUT2D eigenvalue weighted by molar-refractivity contribution is 0.100. The third-order valence-electron chi connectivity index (χ3n) is 5.59. The average Bonchev–Trinajstić information content (AvgIpc) is 2.81. The van der Waals surface area contributed by atoms with Crippen molar-refractivity contribution in [2.45, 2.75) is 6.92 Å². The first-order chi connectivity index (χ1) is 16.3. The highest BCUT2D eigenvalue weighted by molar-refractivity contribution is 6.31. The maximum atomic E-state index is 13.6. The van der Waals surface area contributed by atoms with Gasteiger partial charge in [0.2, 0.25) is 0 Å². The van der Waals surface area contributed by atoms with Crippen LogP contribution < -0.4 is 20.7 Å². The third-order valence-corrected chi connectivity index (χ3v) is 5.88. The van der Waals surface area contributed by atoms with Crippen LogP contribution in [0.5, 0.6) is 5.75 Å². The molecule has 0 radical (unpaired) electrons. The molecule has 34 heavy (non-hydrogen) atoms. The summed E-state index contributed by atoms with van der Waals surface area (Å²) in [5.41, 5.74) is 7.92. The number of halogens is 2. The van der Waals surface area contributed by atoms with E-state index in [1.807, 2.05) is 17.9 Å². The number of aromatic nitrogens is 1. The molecule has 9 nitrogen and oxygen atoms in total. The second kappa shape index (κ2) is 9.60. The van der Waals surface area contributed by atoms with Crippen LogP contribution in [-0.4, -0.2) is 59.8 Å². The molecule has 1 aliphatic heterocycles. The van der Waals surface area contributed by atoms with Gasteiger partial charge < -0.3 is 30.7 Å². The van der Waals surface area contributed by atoms with Crippen molar-refractivity contribution in [3.63, 3.8) is 0 Å². The number of fused-ring (bicyclic) bond motifs is 1. The molecule has 0 bridgehead atoms. The first-order valence-corrected chi connectivity index (χ1v) is 11.0. The van der Waals surface area contributed by atoms with E-state index in [1.54, 1.807) is 6.07 Å². The Kier molecular flexibility index (Phi) is 6.60. The van der Waals surface area contributed by atoms with Gasteiger partial charge in [0.15, 0.2) is 0 Å². The van der Waals surface area contributed by atoms with Gasteiger partial charge in [-0.05, 0) is 31.2 Å². The Morgan fingerprint density at radius 3 is 2.59 bits per heavy atom. The quantitative estimate of drug-likeness (QED) is 0.479. The summed E-state index contributed by atoms with van der Waals surface area (Å²) in [7, 11) is 0. The fourth-order valence-corrected chi connectivity index (χ4v) is 4.09. The first-order valence-electron chi connectivity index (χ1n) is 10.6. The number of nitrogens with two attached hydrogens (primary N) is 1. The summed E-state index contributed by atoms with van der Waals surface area (Å²) < 4.78 is 19.5. The second-order valence-corrected chi connectivity index (χ2v) is 8.10. The van der Waals surface area contributed by atoms with E-state index < -0.39 is 17.8 Å². The number of pyridine rings is 1. The summed E-state index contributed by atoms with van der Waals surface area (Å²) >= 11 is 5.93. The van der Waals surface area contributed by atoms with Crippen LogP contribution in [0.4, 0.5) is 26.2 Å². The van der Waals surface area contributed by atoms with Gasteiger partial charge in [-0.1, -0.05) is 11.6 Å². The lowest BCUT2D eigenvalue weighted by atomic mass is 10.1. The van der Waals surface area contributed by atoms with E-state index in [2.05, 4.69) is 10.3 Å². The predicted molar refractivity (Wildman–Crippen MR) is 128 cm³/mol. The number of nitrogens with one attached hydrogen (secondary N) is 1. The monoisotopic (exact) mass is 487 g/mol. The Bertz CT molecular complexity index is 1260. The van der Waals surface area contributed by atoms with Crippen LogP contribution in [0.15, 0.2) is 36.5 Å². The van der Waals surface area contributed by atoms with Gasteiger partial charge in [-0.15, -0.1) is 0 Å². The molecule has 178 valence electrons. The van der Waals surface area contributed by atoms with Crippen molar-refractivity contribution in [3.05, 3.63) is 52.9 Å². The highest BCUT2D eigenvalue weighted by atomic mass is 35.5. The van der Waals surface area contributed by atoms with E-state index in [9.17, 15) is 19.1 Å². The molecule has 0 atom stereocenters. The lowest BCUT2D eigenvalue weighted by Gasteiger charge is -2.35. The molecule has 1 aliphatic rings. The molecule has 11 heteroatoms. The molecule has 0 saturated carbocycles. The minimum Gasteiger partial charge on any atom is -0.492 e. The van der Waals surface area contributed by atoms with Crippen molar-refractivity contribution in [2.75, 3.05) is 43.0 Å². The molecule has 4 N–H and O–H groups in total. The molecule has 2 amide bonds. The normalized spacial score (nSPS) is 13.7. The van der Waals surface area contributed by atoms with Crippen LogP contribution in [0, 0.1) is 5.82 Å². The van der Waals surface area contributed by atoms with Crippen LogP contribution in [0.3, 0.4) is 0 Å². The van der Waals surface area contributed by atoms with Gasteiger partial charge in [0, 0.05) is 49.5 Å². The molecule has 0 spiro atoms. The van der Waals surface area contributed by atoms with E-state index in [1.165, 1.54) is 29.3 Å². The summed E-state index contributed by atoms with van der Waals surface area (Å²) in [6.45, 7) is 3.92. The number of piperazine rings is 1. The topological polar surface area (TPSA) is 121 Å². The van der Waals surface area contributed by atoms with E-state index >= 15 is 0 Å². The van der Waals surface area contributed by atoms with Crippen LogP contribution in [0.25, 0.3) is 10.9 Å². The van der Waals surface area contributed by atoms with E-state index in [0.29, 0.717) is 60.8 Å². The zero-order chi connectivity index (χ0) is 24.4. The number of nitrogens with zero attached hydrogens (tertiary/aromatic N) is 3. The van der Waals surface area contributed by atoms with Crippen LogP contribution in [-0.2, 0) is 0 Å². The maximum Gasteiger partial charge on any atom is 0.407 e. The largest absolute Gasteiger partial charge is 0.492 e. The van der Waals surface area contributed by atoms with E-state index in [0.717, 1.165) is 5.69 Å². The Labute approximate surface area is 199 Å². The molecule has 4 rings (SSSR count). The van der Waals surface area contributed by atoms with Crippen molar-refractivity contribution in [1.29, 1.82) is 0 Å². The fraction of sp³-hybridized carbons (Fsp3) is 0.261. The number of rotatable bonds is 6. The van der Waals surface area contributed by atoms with Crippen LogP contribution >= 0.6 is 11.6 Å². The Balaban J connectivity index is 1.83. The van der Waals surface area contributed by atoms with Gasteiger partial charge in [-0.3, -0.25) is 9.78 Å². The number of hydrogen-bond acceptors (Lipinski definition) is 6.